The molecule has 0 bridgehead atoms. The summed E-state index contributed by atoms with van der Waals surface area (Å²) in [5.74, 6) is 0.924. The smallest absolute Gasteiger partial charge is 0.138 e. The monoisotopic (exact) mass is 386 g/mol. The van der Waals surface area contributed by atoms with Crippen molar-refractivity contribution >= 4 is 39.0 Å². The molecule has 3 heterocycles. The Hall–Kier alpha value is -1.69. The van der Waals surface area contributed by atoms with Crippen LogP contribution in [0.1, 0.15) is 29.5 Å². The van der Waals surface area contributed by atoms with Gasteiger partial charge >= 0.3 is 0 Å². The topological polar surface area (TPSA) is 41.0 Å². The predicted octanol–water partition coefficient (Wildman–Crippen LogP) is 5.04. The number of thiophene rings is 1. The van der Waals surface area contributed by atoms with Crippen molar-refractivity contribution < 1.29 is 0 Å². The summed E-state index contributed by atoms with van der Waals surface area (Å²) in [5, 5.41) is 4.72. The van der Waals surface area contributed by atoms with E-state index in [0.29, 0.717) is 6.04 Å². The molecule has 136 valence electrons. The van der Waals surface area contributed by atoms with Crippen LogP contribution in [0, 0.1) is 13.8 Å². The van der Waals surface area contributed by atoms with E-state index in [1.54, 1.807) is 6.33 Å². The van der Waals surface area contributed by atoms with Crippen LogP contribution in [0.5, 0.6) is 0 Å². The first kappa shape index (κ1) is 17.7. The van der Waals surface area contributed by atoms with Crippen LogP contribution in [-0.4, -0.2) is 34.0 Å². The van der Waals surface area contributed by atoms with Gasteiger partial charge in [-0.25, -0.2) is 9.97 Å². The van der Waals surface area contributed by atoms with Crippen molar-refractivity contribution in [3.05, 3.63) is 51.6 Å². The highest BCUT2D eigenvalue weighted by atomic mass is 35.5. The number of anilines is 1. The van der Waals surface area contributed by atoms with Crippen molar-refractivity contribution in [1.29, 1.82) is 0 Å². The van der Waals surface area contributed by atoms with Gasteiger partial charge in [-0.15, -0.1) is 11.3 Å². The Bertz CT molecular complexity index is 915. The first-order valence-corrected chi connectivity index (χ1v) is 10.2. The summed E-state index contributed by atoms with van der Waals surface area (Å²) in [6, 6.07) is 9.11. The Labute approximate surface area is 163 Å². The van der Waals surface area contributed by atoms with E-state index in [-0.39, 0.29) is 0 Å². The molecule has 0 amide bonds. The van der Waals surface area contributed by atoms with Crippen molar-refractivity contribution in [2.24, 2.45) is 0 Å². The molecule has 4 rings (SSSR count). The van der Waals surface area contributed by atoms with Crippen molar-refractivity contribution in [2.75, 3.05) is 18.4 Å². The molecule has 1 fully saturated rings. The number of rotatable bonds is 4. The molecule has 26 heavy (non-hydrogen) atoms. The average molecular weight is 387 g/mol. The number of fused-ring (bicyclic) bond motifs is 1. The lowest BCUT2D eigenvalue weighted by Crippen LogP contribution is -2.39. The molecule has 2 aromatic heterocycles. The van der Waals surface area contributed by atoms with Crippen LogP contribution < -0.4 is 5.32 Å². The highest BCUT2D eigenvalue weighted by molar-refractivity contribution is 7.22. The number of benzene rings is 1. The van der Waals surface area contributed by atoms with Gasteiger partial charge in [0, 0.05) is 25.7 Å². The largest absolute Gasteiger partial charge is 0.367 e. The van der Waals surface area contributed by atoms with Crippen molar-refractivity contribution in [2.45, 2.75) is 39.3 Å². The number of nitrogens with zero attached hydrogens (tertiary/aromatic N) is 3. The molecule has 1 N–H and O–H groups in total. The molecule has 0 spiro atoms. The van der Waals surface area contributed by atoms with E-state index in [4.69, 9.17) is 11.6 Å². The molecule has 3 aromatic rings. The number of halogens is 1. The van der Waals surface area contributed by atoms with Gasteiger partial charge in [-0.3, -0.25) is 4.90 Å². The first-order valence-electron chi connectivity index (χ1n) is 9.05. The van der Waals surface area contributed by atoms with Crippen LogP contribution in [0.25, 0.3) is 10.2 Å². The Balaban J connectivity index is 1.41. The minimum absolute atomic E-state index is 0.444. The van der Waals surface area contributed by atoms with E-state index in [2.05, 4.69) is 51.4 Å². The number of piperidine rings is 1. The zero-order chi connectivity index (χ0) is 18.1. The molecule has 1 aromatic carbocycles. The highest BCUT2D eigenvalue weighted by Gasteiger charge is 2.21. The molecule has 4 nitrogen and oxygen atoms in total. The van der Waals surface area contributed by atoms with Gasteiger partial charge in [-0.05, 0) is 43.4 Å². The normalized spacial score (nSPS) is 16.3. The third-order valence-corrected chi connectivity index (χ3v) is 6.76. The summed E-state index contributed by atoms with van der Waals surface area (Å²) >= 11 is 7.82. The fourth-order valence-corrected chi connectivity index (χ4v) is 4.80. The predicted molar refractivity (Wildman–Crippen MR) is 110 cm³/mol. The van der Waals surface area contributed by atoms with Crippen LogP contribution in [0.3, 0.4) is 0 Å². The molecular weight excluding hydrogens is 364 g/mol. The van der Waals surface area contributed by atoms with E-state index in [0.717, 1.165) is 58.4 Å². The first-order chi connectivity index (χ1) is 12.6. The Morgan fingerprint density at radius 3 is 2.73 bits per heavy atom. The maximum atomic E-state index is 6.29. The average Bonchev–Trinajstić information content (AvgIpc) is 2.94. The third kappa shape index (κ3) is 3.56. The Morgan fingerprint density at radius 1 is 1.19 bits per heavy atom. The van der Waals surface area contributed by atoms with Crippen LogP contribution in [0.4, 0.5) is 5.82 Å². The summed E-state index contributed by atoms with van der Waals surface area (Å²) in [6.45, 7) is 7.47. The summed E-state index contributed by atoms with van der Waals surface area (Å²) in [7, 11) is 0. The quantitative estimate of drug-likeness (QED) is 0.682. The Kier molecular flexibility index (Phi) is 5.11. The van der Waals surface area contributed by atoms with Crippen molar-refractivity contribution in [3.8, 4) is 0 Å². The van der Waals surface area contributed by atoms with Gasteiger partial charge in [0.25, 0.3) is 0 Å². The standard InChI is InChI=1S/C20H23ClN4S/c1-13-5-3-4-6-15(13)11-25-9-7-16(8-10-25)24-19-17-14(2)18(21)26-20(17)23-12-22-19/h3-6,12,16H,7-11H2,1-2H3,(H,22,23,24). The molecule has 0 saturated carbocycles. The van der Waals surface area contributed by atoms with E-state index >= 15 is 0 Å². The number of nitrogens with one attached hydrogen (secondary N) is 1. The molecule has 1 aliphatic heterocycles. The zero-order valence-corrected chi connectivity index (χ0v) is 16.7. The molecule has 0 radical (unpaired) electrons. The SMILES string of the molecule is Cc1ccccc1CN1CCC(Nc2ncnc3sc(Cl)c(C)c23)CC1. The van der Waals surface area contributed by atoms with Gasteiger partial charge < -0.3 is 5.32 Å². The lowest BCUT2D eigenvalue weighted by atomic mass is 10.0. The Morgan fingerprint density at radius 2 is 1.96 bits per heavy atom. The second-order valence-corrected chi connectivity index (χ2v) is 8.63. The number of hydrogen-bond acceptors (Lipinski definition) is 5. The van der Waals surface area contributed by atoms with Crippen LogP contribution in [0.15, 0.2) is 30.6 Å². The third-order valence-electron chi connectivity index (χ3n) is 5.25. The summed E-state index contributed by atoms with van der Waals surface area (Å²) < 4.78 is 0.802. The second-order valence-electron chi connectivity index (χ2n) is 7.02. The highest BCUT2D eigenvalue weighted by Crippen LogP contribution is 2.36. The molecule has 0 atom stereocenters. The fourth-order valence-electron chi connectivity index (χ4n) is 3.61. The molecule has 1 saturated heterocycles. The minimum atomic E-state index is 0.444. The van der Waals surface area contributed by atoms with Crippen LogP contribution in [-0.2, 0) is 6.54 Å². The fraction of sp³-hybridized carbons (Fsp3) is 0.400. The molecule has 1 aliphatic rings. The molecule has 6 heteroatoms. The van der Waals surface area contributed by atoms with Crippen molar-refractivity contribution in [3.63, 3.8) is 0 Å². The zero-order valence-electron chi connectivity index (χ0n) is 15.1. The minimum Gasteiger partial charge on any atom is -0.367 e. The summed E-state index contributed by atoms with van der Waals surface area (Å²) in [6.07, 6.45) is 3.87. The van der Waals surface area contributed by atoms with Gasteiger partial charge in [0.2, 0.25) is 0 Å². The number of hydrogen-bond donors (Lipinski definition) is 1. The van der Waals surface area contributed by atoms with Crippen molar-refractivity contribution in [1.82, 2.24) is 14.9 Å². The maximum Gasteiger partial charge on any atom is 0.138 e. The number of aryl methyl sites for hydroxylation is 2. The summed E-state index contributed by atoms with van der Waals surface area (Å²) in [5.41, 5.74) is 3.88. The van der Waals surface area contributed by atoms with E-state index in [1.807, 2.05) is 6.92 Å². The molecule has 0 unspecified atom stereocenters. The van der Waals surface area contributed by atoms with Crippen LogP contribution >= 0.6 is 22.9 Å². The number of aromatic nitrogens is 2. The van der Waals surface area contributed by atoms with Gasteiger partial charge in [0.05, 0.1) is 9.72 Å². The molecule has 0 aliphatic carbocycles. The van der Waals surface area contributed by atoms with Crippen LogP contribution in [0.2, 0.25) is 4.34 Å². The second kappa shape index (κ2) is 7.51. The maximum absolute atomic E-state index is 6.29. The van der Waals surface area contributed by atoms with Gasteiger partial charge in [0.15, 0.2) is 0 Å². The summed E-state index contributed by atoms with van der Waals surface area (Å²) in [4.78, 5) is 12.3. The van der Waals surface area contributed by atoms with Gasteiger partial charge in [0.1, 0.15) is 17.0 Å². The van der Waals surface area contributed by atoms with E-state index in [9.17, 15) is 0 Å². The molecular formula is C20H23ClN4S. The van der Waals surface area contributed by atoms with Gasteiger partial charge in [-0.1, -0.05) is 35.9 Å². The van der Waals surface area contributed by atoms with E-state index in [1.165, 1.54) is 22.5 Å². The lowest BCUT2D eigenvalue weighted by molar-refractivity contribution is 0.211. The lowest BCUT2D eigenvalue weighted by Gasteiger charge is -2.33. The van der Waals surface area contributed by atoms with E-state index < -0.39 is 0 Å². The van der Waals surface area contributed by atoms with Gasteiger partial charge in [-0.2, -0.15) is 0 Å². The number of likely N-dealkylation sites (tertiary alicyclic amines) is 1.